The highest BCUT2D eigenvalue weighted by Gasteiger charge is 2.38. The van der Waals surface area contributed by atoms with Gasteiger partial charge in [0.1, 0.15) is 10.0 Å². The molecule has 1 atom stereocenters. The van der Waals surface area contributed by atoms with Crippen molar-refractivity contribution in [2.24, 2.45) is 5.92 Å². The number of benzene rings is 1. The van der Waals surface area contributed by atoms with Gasteiger partial charge in [-0.1, -0.05) is 11.6 Å². The molecular weight excluding hydrogens is 384 g/mol. The molecule has 0 bridgehead atoms. The summed E-state index contributed by atoms with van der Waals surface area (Å²) in [6, 6.07) is 7.17. The van der Waals surface area contributed by atoms with Crippen LogP contribution in [0.3, 0.4) is 0 Å². The number of hydrogen-bond donors (Lipinski definition) is 0. The minimum atomic E-state index is -0.270. The second kappa shape index (κ2) is 7.56. The Balaban J connectivity index is 1.36. The lowest BCUT2D eigenvalue weighted by atomic mass is 9.96. The van der Waals surface area contributed by atoms with Crippen LogP contribution in [0.1, 0.15) is 35.2 Å². The molecule has 3 heterocycles. The van der Waals surface area contributed by atoms with E-state index in [0.717, 1.165) is 28.5 Å². The number of piperidine rings is 1. The fourth-order valence-electron chi connectivity index (χ4n) is 3.83. The number of carbonyl (C=O) groups is 2. The van der Waals surface area contributed by atoms with Crippen molar-refractivity contribution in [1.82, 2.24) is 15.1 Å². The van der Waals surface area contributed by atoms with E-state index in [2.05, 4.69) is 10.2 Å². The quantitative estimate of drug-likeness (QED) is 0.787. The van der Waals surface area contributed by atoms with Crippen molar-refractivity contribution < 1.29 is 9.59 Å². The van der Waals surface area contributed by atoms with Crippen LogP contribution < -0.4 is 4.90 Å². The monoisotopic (exact) mass is 404 g/mol. The Labute approximate surface area is 167 Å². The number of likely N-dealkylation sites (tertiary alicyclic amines) is 1. The molecule has 0 N–H and O–H groups in total. The number of aryl methyl sites for hydroxylation is 1. The zero-order chi connectivity index (χ0) is 19.0. The van der Waals surface area contributed by atoms with Crippen molar-refractivity contribution in [3.63, 3.8) is 0 Å². The van der Waals surface area contributed by atoms with Crippen LogP contribution in [0.15, 0.2) is 24.3 Å². The lowest BCUT2D eigenvalue weighted by Gasteiger charge is -2.32. The summed E-state index contributed by atoms with van der Waals surface area (Å²) in [7, 11) is 0. The average Bonchev–Trinajstić information content (AvgIpc) is 3.28. The summed E-state index contributed by atoms with van der Waals surface area (Å²) >= 11 is 7.56. The van der Waals surface area contributed by atoms with Gasteiger partial charge in [-0.05, 0) is 44.0 Å². The Kier molecular flexibility index (Phi) is 5.14. The predicted molar refractivity (Wildman–Crippen MR) is 105 cm³/mol. The normalized spacial score (nSPS) is 21.1. The number of rotatable bonds is 3. The molecule has 0 unspecified atom stereocenters. The molecule has 2 aromatic rings. The summed E-state index contributed by atoms with van der Waals surface area (Å²) in [6.45, 7) is 3.83. The minimum Gasteiger partial charge on any atom is -0.342 e. The van der Waals surface area contributed by atoms with E-state index >= 15 is 0 Å². The molecule has 2 aliphatic rings. The molecule has 0 spiro atoms. The van der Waals surface area contributed by atoms with Crippen LogP contribution in [0.2, 0.25) is 5.02 Å². The Morgan fingerprint density at radius 1 is 1.19 bits per heavy atom. The van der Waals surface area contributed by atoms with Gasteiger partial charge in [-0.2, -0.15) is 0 Å². The summed E-state index contributed by atoms with van der Waals surface area (Å²) in [5.41, 5.74) is 0.796. The molecule has 142 valence electrons. The van der Waals surface area contributed by atoms with E-state index in [1.807, 2.05) is 24.0 Å². The van der Waals surface area contributed by atoms with Crippen LogP contribution >= 0.6 is 22.9 Å². The molecule has 1 aromatic carbocycles. The van der Waals surface area contributed by atoms with Gasteiger partial charge in [0.15, 0.2) is 0 Å². The highest BCUT2D eigenvalue weighted by molar-refractivity contribution is 7.11. The van der Waals surface area contributed by atoms with Crippen molar-refractivity contribution in [2.45, 2.75) is 32.1 Å². The number of nitrogens with zero attached hydrogens (tertiary/aromatic N) is 4. The van der Waals surface area contributed by atoms with Gasteiger partial charge in [0.25, 0.3) is 0 Å². The number of aromatic nitrogens is 2. The van der Waals surface area contributed by atoms with Crippen LogP contribution in [-0.4, -0.2) is 46.5 Å². The largest absolute Gasteiger partial charge is 0.342 e. The van der Waals surface area contributed by atoms with Gasteiger partial charge in [0.05, 0.1) is 5.92 Å². The maximum atomic E-state index is 12.9. The van der Waals surface area contributed by atoms with Gasteiger partial charge in [0.2, 0.25) is 11.8 Å². The molecule has 0 radical (unpaired) electrons. The lowest BCUT2D eigenvalue weighted by molar-refractivity contribution is -0.136. The predicted octanol–water partition coefficient (Wildman–Crippen LogP) is 3.26. The van der Waals surface area contributed by atoms with Gasteiger partial charge in [0, 0.05) is 42.7 Å². The van der Waals surface area contributed by atoms with E-state index in [-0.39, 0.29) is 24.2 Å². The summed E-state index contributed by atoms with van der Waals surface area (Å²) in [5, 5.41) is 11.0. The highest BCUT2D eigenvalue weighted by Crippen LogP contribution is 2.32. The first-order chi connectivity index (χ1) is 13.0. The first kappa shape index (κ1) is 18.4. The zero-order valence-corrected chi connectivity index (χ0v) is 16.7. The van der Waals surface area contributed by atoms with Crippen molar-refractivity contribution in [3.05, 3.63) is 39.3 Å². The van der Waals surface area contributed by atoms with E-state index in [9.17, 15) is 9.59 Å². The maximum absolute atomic E-state index is 12.9. The average molecular weight is 405 g/mol. The van der Waals surface area contributed by atoms with Gasteiger partial charge in [-0.3, -0.25) is 9.59 Å². The number of hydrogen-bond acceptors (Lipinski definition) is 5. The Morgan fingerprint density at radius 2 is 1.89 bits per heavy atom. The third-order valence-electron chi connectivity index (χ3n) is 5.31. The standard InChI is InChI=1S/C19H21ClN4O2S/c1-12-21-22-18(27-12)13-6-8-23(9-7-13)19(26)14-10-17(25)24(11-14)16-4-2-15(20)3-5-16/h2-5,13-14H,6-11H2,1H3/t14-/m1/s1. The fraction of sp³-hybridized carbons (Fsp3) is 0.474. The minimum absolute atomic E-state index is 0.00473. The molecule has 0 aliphatic carbocycles. The maximum Gasteiger partial charge on any atom is 0.228 e. The SMILES string of the molecule is Cc1nnc(C2CCN(C(=O)[C@@H]3CC(=O)N(c4ccc(Cl)cc4)C3)CC2)s1. The van der Waals surface area contributed by atoms with E-state index in [1.54, 1.807) is 28.4 Å². The van der Waals surface area contributed by atoms with Gasteiger partial charge >= 0.3 is 0 Å². The van der Waals surface area contributed by atoms with Crippen LogP contribution in [0.25, 0.3) is 0 Å². The van der Waals surface area contributed by atoms with Crippen LogP contribution in [0.5, 0.6) is 0 Å². The van der Waals surface area contributed by atoms with E-state index in [1.165, 1.54) is 0 Å². The molecule has 8 heteroatoms. The lowest BCUT2D eigenvalue weighted by Crippen LogP contribution is -2.42. The molecule has 0 saturated carbocycles. The molecule has 2 amide bonds. The molecule has 6 nitrogen and oxygen atoms in total. The molecule has 1 aromatic heterocycles. The molecule has 2 aliphatic heterocycles. The number of halogens is 1. The molecule has 4 rings (SSSR count). The Bertz CT molecular complexity index is 846. The number of carbonyl (C=O) groups excluding carboxylic acids is 2. The summed E-state index contributed by atoms with van der Waals surface area (Å²) in [5.74, 6) is 0.200. The molecular formula is C19H21ClN4O2S. The Hall–Kier alpha value is -1.99. The van der Waals surface area contributed by atoms with E-state index < -0.39 is 0 Å². The Morgan fingerprint density at radius 3 is 2.52 bits per heavy atom. The first-order valence-corrected chi connectivity index (χ1v) is 10.4. The molecule has 2 fully saturated rings. The van der Waals surface area contributed by atoms with Crippen molar-refractivity contribution in [1.29, 1.82) is 0 Å². The third-order valence-corrected chi connectivity index (χ3v) is 6.56. The summed E-state index contributed by atoms with van der Waals surface area (Å²) < 4.78 is 0. The number of anilines is 1. The van der Waals surface area contributed by atoms with Gasteiger partial charge in [-0.15, -0.1) is 21.5 Å². The highest BCUT2D eigenvalue weighted by atomic mass is 35.5. The van der Waals surface area contributed by atoms with Crippen LogP contribution in [0, 0.1) is 12.8 Å². The molecule has 27 heavy (non-hydrogen) atoms. The van der Waals surface area contributed by atoms with Gasteiger partial charge in [-0.25, -0.2) is 0 Å². The second-order valence-electron chi connectivity index (χ2n) is 7.14. The van der Waals surface area contributed by atoms with Gasteiger partial charge < -0.3 is 9.80 Å². The zero-order valence-electron chi connectivity index (χ0n) is 15.1. The van der Waals surface area contributed by atoms with Crippen molar-refractivity contribution >= 4 is 40.4 Å². The number of amides is 2. The van der Waals surface area contributed by atoms with Crippen LogP contribution in [0.4, 0.5) is 5.69 Å². The van der Waals surface area contributed by atoms with E-state index in [4.69, 9.17) is 11.6 Å². The van der Waals surface area contributed by atoms with Crippen LogP contribution in [-0.2, 0) is 9.59 Å². The first-order valence-electron chi connectivity index (χ1n) is 9.16. The smallest absolute Gasteiger partial charge is 0.228 e. The topological polar surface area (TPSA) is 66.4 Å². The molecule has 2 saturated heterocycles. The van der Waals surface area contributed by atoms with E-state index in [0.29, 0.717) is 30.6 Å². The third kappa shape index (κ3) is 3.84. The second-order valence-corrected chi connectivity index (χ2v) is 8.79. The summed E-state index contributed by atoms with van der Waals surface area (Å²) in [6.07, 6.45) is 2.08. The summed E-state index contributed by atoms with van der Waals surface area (Å²) in [4.78, 5) is 28.9. The fourth-order valence-corrected chi connectivity index (χ4v) is 4.82. The van der Waals surface area contributed by atoms with Crippen molar-refractivity contribution in [3.8, 4) is 0 Å². The van der Waals surface area contributed by atoms with Crippen molar-refractivity contribution in [2.75, 3.05) is 24.5 Å².